The van der Waals surface area contributed by atoms with Crippen molar-refractivity contribution in [1.82, 2.24) is 5.32 Å². The van der Waals surface area contributed by atoms with Crippen LogP contribution in [0.15, 0.2) is 17.4 Å². The van der Waals surface area contributed by atoms with Gasteiger partial charge in [-0.1, -0.05) is 0 Å². The van der Waals surface area contributed by atoms with Crippen molar-refractivity contribution < 1.29 is 0 Å². The highest BCUT2D eigenvalue weighted by Gasteiger charge is 1.90. The topological polar surface area (TPSA) is 26.5 Å². The average Bonchev–Trinajstić information content (AvgIpc) is 1.86. The van der Waals surface area contributed by atoms with Gasteiger partial charge in [-0.15, -0.1) is 0 Å². The lowest BCUT2D eigenvalue weighted by molar-refractivity contribution is 1.34. The second-order valence-electron chi connectivity index (χ2n) is 0.825. The monoisotopic (exact) mass is 145 g/mol. The van der Waals surface area contributed by atoms with E-state index in [0.717, 1.165) is 0 Å². The molecule has 0 aliphatic carbocycles. The van der Waals surface area contributed by atoms with Crippen LogP contribution in [0.4, 0.5) is 0 Å². The molecule has 1 heterocycles. The van der Waals surface area contributed by atoms with E-state index in [0.29, 0.717) is 4.74 Å². The zero-order valence-corrected chi connectivity index (χ0v) is 4.51. The zero-order chi connectivity index (χ0) is 4.41. The minimum absolute atomic E-state index is 0.655. The van der Waals surface area contributed by atoms with Gasteiger partial charge in [0.2, 0.25) is 0 Å². The van der Waals surface area contributed by atoms with Crippen molar-refractivity contribution in [3.63, 3.8) is 0 Å². The summed E-state index contributed by atoms with van der Waals surface area (Å²) in [5.41, 5.74) is 0. The van der Waals surface area contributed by atoms with E-state index in [9.17, 15) is 0 Å². The summed E-state index contributed by atoms with van der Waals surface area (Å²) in [7, 11) is 0. The predicted octanol–water partition coefficient (Wildman–Crippen LogP) is 0.826. The fourth-order valence-electron chi connectivity index (χ4n) is 0.223. The van der Waals surface area contributed by atoms with E-state index >= 15 is 0 Å². The zero-order valence-electron chi connectivity index (χ0n) is 2.93. The van der Waals surface area contributed by atoms with Crippen LogP contribution in [0.3, 0.4) is 0 Å². The van der Waals surface area contributed by atoms with Crippen LogP contribution in [-0.4, -0.2) is 4.74 Å². The summed E-state index contributed by atoms with van der Waals surface area (Å²) in [5.74, 6) is 0. The Balaban J connectivity index is 2.61. The summed E-state index contributed by atoms with van der Waals surface area (Å²) >= 11 is 3.06. The molecule has 0 bridgehead atoms. The van der Waals surface area contributed by atoms with Crippen molar-refractivity contribution in [1.29, 1.82) is 0 Å². The third kappa shape index (κ3) is 0.597. The van der Waals surface area contributed by atoms with Crippen molar-refractivity contribution in [2.24, 2.45) is 4.99 Å². The second kappa shape index (κ2) is 1.43. The van der Waals surface area contributed by atoms with Crippen molar-refractivity contribution in [2.75, 3.05) is 0 Å². The molecule has 0 aromatic carbocycles. The molecule has 0 saturated carbocycles. The molecule has 0 atom stereocenters. The molecule has 0 fully saturated rings. The Morgan fingerprint density at radius 2 is 2.33 bits per heavy atom. The van der Waals surface area contributed by atoms with Gasteiger partial charge >= 0.3 is 0 Å². The third-order valence-electron chi connectivity index (χ3n) is 0.429. The van der Waals surface area contributed by atoms with E-state index < -0.39 is 0 Å². The molecule has 0 saturated heterocycles. The lowest BCUT2D eigenvalue weighted by atomic mass is 11.0. The normalized spacial score (nSPS) is 17.2. The van der Waals surface area contributed by atoms with E-state index in [1.807, 2.05) is 0 Å². The highest BCUT2D eigenvalue weighted by Crippen LogP contribution is 1.93. The number of halogens is 1. The Bertz CT molecular complexity index is 105. The smallest absolute Gasteiger partial charge is 0.196 e. The summed E-state index contributed by atoms with van der Waals surface area (Å²) in [6.45, 7) is 0. The van der Waals surface area contributed by atoms with E-state index in [4.69, 9.17) is 0 Å². The number of nitrogens with zero attached hydrogens (tertiary/aromatic N) is 2. The SMILES string of the molecule is BrC1=NC=C[N]1. The van der Waals surface area contributed by atoms with Crippen LogP contribution in [0.1, 0.15) is 0 Å². The minimum Gasteiger partial charge on any atom is -0.229 e. The van der Waals surface area contributed by atoms with Gasteiger partial charge < -0.3 is 0 Å². The number of hydrogen-bond donors (Lipinski definition) is 0. The van der Waals surface area contributed by atoms with E-state index in [-0.39, 0.29) is 0 Å². The maximum Gasteiger partial charge on any atom is 0.196 e. The first-order chi connectivity index (χ1) is 2.89. The molecule has 0 amide bonds. The molecule has 0 N–H and O–H groups in total. The van der Waals surface area contributed by atoms with Crippen LogP contribution in [0, 0.1) is 0 Å². The van der Waals surface area contributed by atoms with E-state index in [1.165, 1.54) is 0 Å². The maximum absolute atomic E-state index is 3.72. The van der Waals surface area contributed by atoms with Crippen LogP contribution >= 0.6 is 15.9 Å². The van der Waals surface area contributed by atoms with Gasteiger partial charge in [0.15, 0.2) is 4.74 Å². The Kier molecular flexibility index (Phi) is 0.919. The molecular weight excluding hydrogens is 144 g/mol. The van der Waals surface area contributed by atoms with Crippen molar-refractivity contribution >= 4 is 20.7 Å². The van der Waals surface area contributed by atoms with Crippen LogP contribution in [0.2, 0.25) is 0 Å². The first-order valence-corrected chi connectivity index (χ1v) is 2.28. The van der Waals surface area contributed by atoms with Crippen molar-refractivity contribution in [3.8, 4) is 0 Å². The molecule has 1 aliphatic heterocycles. The fourth-order valence-corrected chi connectivity index (χ4v) is 0.459. The molecule has 2 nitrogen and oxygen atoms in total. The van der Waals surface area contributed by atoms with E-state index in [1.54, 1.807) is 12.4 Å². The highest BCUT2D eigenvalue weighted by molar-refractivity contribution is 9.18. The summed E-state index contributed by atoms with van der Waals surface area (Å²) in [5, 5.41) is 3.72. The predicted molar refractivity (Wildman–Crippen MR) is 27.6 cm³/mol. The number of hydrogen-bond acceptors (Lipinski definition) is 1. The van der Waals surface area contributed by atoms with Crippen molar-refractivity contribution in [2.45, 2.75) is 0 Å². The van der Waals surface area contributed by atoms with E-state index in [2.05, 4.69) is 26.2 Å². The molecule has 6 heavy (non-hydrogen) atoms. The standard InChI is InChI=1S/C3H2BrN2/c4-3-5-1-2-6-3/h1-2H. The fraction of sp³-hybridized carbons (Fsp3) is 0. The van der Waals surface area contributed by atoms with Gasteiger partial charge in [-0.05, 0) is 15.9 Å². The number of rotatable bonds is 0. The van der Waals surface area contributed by atoms with Gasteiger partial charge in [-0.2, -0.15) is 0 Å². The molecule has 0 unspecified atom stereocenters. The highest BCUT2D eigenvalue weighted by atomic mass is 79.9. The van der Waals surface area contributed by atoms with Crippen LogP contribution in [0.25, 0.3) is 0 Å². The molecular formula is C3H2BrN2. The first-order valence-electron chi connectivity index (χ1n) is 1.49. The molecule has 0 aromatic rings. The molecule has 1 radical (unpaired) electrons. The quantitative estimate of drug-likeness (QED) is 0.452. The third-order valence-corrected chi connectivity index (χ3v) is 0.838. The van der Waals surface area contributed by atoms with Gasteiger partial charge in [-0.25, -0.2) is 10.3 Å². The lowest BCUT2D eigenvalue weighted by Crippen LogP contribution is -1.92. The molecule has 0 spiro atoms. The Labute approximate surface area is 44.1 Å². The summed E-state index contributed by atoms with van der Waals surface area (Å²) in [6.07, 6.45) is 3.26. The Morgan fingerprint density at radius 1 is 1.50 bits per heavy atom. The molecule has 1 aliphatic rings. The summed E-state index contributed by atoms with van der Waals surface area (Å²) in [4.78, 5) is 3.72. The molecule has 31 valence electrons. The summed E-state index contributed by atoms with van der Waals surface area (Å²) < 4.78 is 0.655. The lowest BCUT2D eigenvalue weighted by Gasteiger charge is -1.75. The first kappa shape index (κ1) is 3.87. The van der Waals surface area contributed by atoms with Crippen molar-refractivity contribution in [3.05, 3.63) is 12.4 Å². The largest absolute Gasteiger partial charge is 0.229 e. The van der Waals surface area contributed by atoms with Gasteiger partial charge in [0, 0.05) is 12.4 Å². The van der Waals surface area contributed by atoms with Crippen LogP contribution in [-0.2, 0) is 0 Å². The van der Waals surface area contributed by atoms with Gasteiger partial charge in [-0.3, -0.25) is 0 Å². The van der Waals surface area contributed by atoms with Gasteiger partial charge in [0.25, 0.3) is 0 Å². The number of amidine groups is 1. The number of aliphatic imine (C=N–C) groups is 1. The summed E-state index contributed by atoms with van der Waals surface area (Å²) in [6, 6.07) is 0. The van der Waals surface area contributed by atoms with Crippen LogP contribution in [0.5, 0.6) is 0 Å². The van der Waals surface area contributed by atoms with Gasteiger partial charge in [0.1, 0.15) is 0 Å². The maximum atomic E-state index is 3.72. The minimum atomic E-state index is 0.655. The Hall–Kier alpha value is -0.310. The second-order valence-corrected chi connectivity index (χ2v) is 1.53. The molecule has 1 rings (SSSR count). The molecule has 0 aromatic heterocycles. The Morgan fingerprint density at radius 3 is 2.50 bits per heavy atom. The van der Waals surface area contributed by atoms with Crippen LogP contribution < -0.4 is 5.32 Å². The average molecular weight is 146 g/mol. The van der Waals surface area contributed by atoms with Gasteiger partial charge in [0.05, 0.1) is 0 Å². The molecule has 3 heteroatoms.